The van der Waals surface area contributed by atoms with E-state index in [1.54, 1.807) is 0 Å². The number of allylic oxidation sites excluding steroid dienone is 3. The highest BCUT2D eigenvalue weighted by atomic mass is 14.5. The Balaban J connectivity index is 3.10. The van der Waals surface area contributed by atoms with E-state index in [4.69, 9.17) is 11.5 Å². The molecule has 2 nitrogen and oxygen atoms in total. The quantitative estimate of drug-likeness (QED) is 0.445. The minimum absolute atomic E-state index is 0.753. The third-order valence-corrected chi connectivity index (χ3v) is 1.74. The van der Waals surface area contributed by atoms with E-state index >= 15 is 0 Å². The van der Waals surface area contributed by atoms with Crippen molar-refractivity contribution in [1.82, 2.24) is 0 Å². The van der Waals surface area contributed by atoms with Crippen molar-refractivity contribution < 1.29 is 0 Å². The van der Waals surface area contributed by atoms with Gasteiger partial charge in [0.25, 0.3) is 0 Å². The van der Waals surface area contributed by atoms with Gasteiger partial charge in [0.1, 0.15) is 0 Å². The smallest absolute Gasteiger partial charge is 0.00426 e. The maximum Gasteiger partial charge on any atom is -0.00426 e. The molecule has 0 spiro atoms. The lowest BCUT2D eigenvalue weighted by atomic mass is 10.2. The monoisotopic (exact) mass is 182 g/mol. The Bertz CT molecular complexity index is 139. The van der Waals surface area contributed by atoms with E-state index in [0.717, 1.165) is 45.2 Å². The van der Waals surface area contributed by atoms with E-state index < -0.39 is 0 Å². The van der Waals surface area contributed by atoms with Gasteiger partial charge in [-0.05, 0) is 45.2 Å². The second kappa shape index (κ2) is 11.4. The topological polar surface area (TPSA) is 52.0 Å². The molecular formula is C11H22N2. The third-order valence-electron chi connectivity index (χ3n) is 1.74. The number of nitrogens with two attached hydrogens (primary N) is 2. The fourth-order valence-corrected chi connectivity index (χ4v) is 0.996. The van der Waals surface area contributed by atoms with Crippen molar-refractivity contribution >= 4 is 0 Å². The molecular weight excluding hydrogens is 160 g/mol. The van der Waals surface area contributed by atoms with E-state index in [1.807, 2.05) is 0 Å². The summed E-state index contributed by atoms with van der Waals surface area (Å²) >= 11 is 0. The molecule has 13 heavy (non-hydrogen) atoms. The maximum atomic E-state index is 5.37. The molecule has 0 radical (unpaired) electrons. The van der Waals surface area contributed by atoms with Crippen molar-refractivity contribution in [2.45, 2.75) is 32.1 Å². The summed E-state index contributed by atoms with van der Waals surface area (Å²) in [5.74, 6) is 0. The van der Waals surface area contributed by atoms with Crippen molar-refractivity contribution in [2.24, 2.45) is 11.5 Å². The van der Waals surface area contributed by atoms with Crippen molar-refractivity contribution in [2.75, 3.05) is 13.1 Å². The molecule has 0 heterocycles. The highest BCUT2D eigenvalue weighted by Gasteiger charge is 1.79. The number of unbranched alkanes of at least 4 members (excludes halogenated alkanes) is 2. The molecule has 0 amide bonds. The molecule has 0 aromatic carbocycles. The first kappa shape index (κ1) is 12.4. The van der Waals surface area contributed by atoms with Gasteiger partial charge < -0.3 is 11.5 Å². The Morgan fingerprint density at radius 3 is 1.69 bits per heavy atom. The minimum Gasteiger partial charge on any atom is -0.330 e. The second-order valence-corrected chi connectivity index (χ2v) is 3.03. The van der Waals surface area contributed by atoms with E-state index in [9.17, 15) is 0 Å². The molecule has 0 rings (SSSR count). The van der Waals surface area contributed by atoms with Gasteiger partial charge in [-0.15, -0.1) is 0 Å². The van der Waals surface area contributed by atoms with Crippen LogP contribution in [-0.2, 0) is 0 Å². The van der Waals surface area contributed by atoms with E-state index in [-0.39, 0.29) is 0 Å². The van der Waals surface area contributed by atoms with Crippen LogP contribution in [0.3, 0.4) is 0 Å². The molecule has 0 saturated heterocycles. The van der Waals surface area contributed by atoms with Gasteiger partial charge in [0.2, 0.25) is 0 Å². The Morgan fingerprint density at radius 1 is 0.615 bits per heavy atom. The van der Waals surface area contributed by atoms with Gasteiger partial charge in [0, 0.05) is 0 Å². The van der Waals surface area contributed by atoms with Crippen LogP contribution in [-0.4, -0.2) is 13.1 Å². The van der Waals surface area contributed by atoms with Gasteiger partial charge in [-0.25, -0.2) is 0 Å². The van der Waals surface area contributed by atoms with Crippen molar-refractivity contribution in [3.05, 3.63) is 24.3 Å². The van der Waals surface area contributed by atoms with Crippen molar-refractivity contribution in [1.29, 1.82) is 0 Å². The molecule has 0 aliphatic heterocycles. The van der Waals surface area contributed by atoms with Crippen LogP contribution in [0.15, 0.2) is 24.3 Å². The summed E-state index contributed by atoms with van der Waals surface area (Å²) in [6.45, 7) is 1.55. The molecule has 76 valence electrons. The Labute approximate surface area is 81.7 Å². The second-order valence-electron chi connectivity index (χ2n) is 3.03. The van der Waals surface area contributed by atoms with Crippen LogP contribution in [0, 0.1) is 0 Å². The molecule has 0 aliphatic carbocycles. The first-order chi connectivity index (χ1) is 6.41. The highest BCUT2D eigenvalue weighted by molar-refractivity contribution is 4.88. The Kier molecular flexibility index (Phi) is 10.9. The first-order valence-corrected chi connectivity index (χ1v) is 5.12. The van der Waals surface area contributed by atoms with Gasteiger partial charge in [-0.2, -0.15) is 0 Å². The normalized spacial score (nSPS) is 11.8. The SMILES string of the molecule is NCCC=CCCC=CCCCN. The summed E-state index contributed by atoms with van der Waals surface area (Å²) in [7, 11) is 0. The molecule has 0 unspecified atom stereocenters. The molecule has 4 N–H and O–H groups in total. The summed E-state index contributed by atoms with van der Waals surface area (Å²) in [6, 6.07) is 0. The third kappa shape index (κ3) is 11.4. The molecule has 0 fully saturated rings. The fraction of sp³-hybridized carbons (Fsp3) is 0.636. The van der Waals surface area contributed by atoms with Gasteiger partial charge in [-0.3, -0.25) is 0 Å². The fourth-order valence-electron chi connectivity index (χ4n) is 0.996. The lowest BCUT2D eigenvalue weighted by Gasteiger charge is -1.89. The standard InChI is InChI=1S/C11H22N2/c12-10-8-6-4-2-1-3-5-7-9-11-13/h2,4-5,7H,1,3,6,8-13H2. The minimum atomic E-state index is 0.753. The number of hydrogen-bond donors (Lipinski definition) is 2. The predicted molar refractivity (Wildman–Crippen MR) is 59.5 cm³/mol. The van der Waals surface area contributed by atoms with E-state index in [2.05, 4.69) is 24.3 Å². The highest BCUT2D eigenvalue weighted by Crippen LogP contribution is 1.96. The Morgan fingerprint density at radius 2 is 1.15 bits per heavy atom. The van der Waals surface area contributed by atoms with Gasteiger partial charge in [0.15, 0.2) is 0 Å². The number of hydrogen-bond acceptors (Lipinski definition) is 2. The zero-order valence-electron chi connectivity index (χ0n) is 8.41. The zero-order chi connectivity index (χ0) is 9.78. The molecule has 0 aromatic rings. The molecule has 2 heteroatoms. The van der Waals surface area contributed by atoms with Crippen molar-refractivity contribution in [3.63, 3.8) is 0 Å². The molecule has 0 bridgehead atoms. The van der Waals surface area contributed by atoms with Crippen LogP contribution in [0.1, 0.15) is 32.1 Å². The van der Waals surface area contributed by atoms with Crippen molar-refractivity contribution in [3.8, 4) is 0 Å². The molecule has 0 aromatic heterocycles. The Hall–Kier alpha value is -0.600. The average molecular weight is 182 g/mol. The van der Waals surface area contributed by atoms with E-state index in [0.29, 0.717) is 0 Å². The first-order valence-electron chi connectivity index (χ1n) is 5.12. The molecule has 0 aliphatic rings. The summed E-state index contributed by atoms with van der Waals surface area (Å²) < 4.78 is 0. The van der Waals surface area contributed by atoms with Crippen LogP contribution in [0.5, 0.6) is 0 Å². The van der Waals surface area contributed by atoms with Gasteiger partial charge >= 0.3 is 0 Å². The van der Waals surface area contributed by atoms with Gasteiger partial charge in [-0.1, -0.05) is 24.3 Å². The van der Waals surface area contributed by atoms with Crippen LogP contribution in [0.25, 0.3) is 0 Å². The number of rotatable bonds is 8. The lowest BCUT2D eigenvalue weighted by molar-refractivity contribution is 0.850. The molecule has 0 saturated carbocycles. The largest absolute Gasteiger partial charge is 0.330 e. The summed E-state index contributed by atoms with van der Waals surface area (Å²) in [5, 5.41) is 0. The summed E-state index contributed by atoms with van der Waals surface area (Å²) in [6.07, 6.45) is 14.2. The maximum absolute atomic E-state index is 5.37. The van der Waals surface area contributed by atoms with Gasteiger partial charge in [0.05, 0.1) is 0 Å². The molecule has 0 atom stereocenters. The summed E-state index contributed by atoms with van der Waals surface area (Å²) in [5.41, 5.74) is 10.7. The van der Waals surface area contributed by atoms with Crippen LogP contribution in [0.2, 0.25) is 0 Å². The predicted octanol–water partition coefficient (Wildman–Crippen LogP) is 1.97. The van der Waals surface area contributed by atoms with E-state index in [1.165, 1.54) is 0 Å². The average Bonchev–Trinajstić information content (AvgIpc) is 2.16. The zero-order valence-corrected chi connectivity index (χ0v) is 8.41. The van der Waals surface area contributed by atoms with Crippen LogP contribution < -0.4 is 11.5 Å². The lowest BCUT2D eigenvalue weighted by Crippen LogP contribution is -1.96. The van der Waals surface area contributed by atoms with Crippen LogP contribution >= 0.6 is 0 Å². The van der Waals surface area contributed by atoms with Crippen LogP contribution in [0.4, 0.5) is 0 Å². The summed E-state index contributed by atoms with van der Waals surface area (Å²) in [4.78, 5) is 0.